The molecule has 108 valence electrons. The van der Waals surface area contributed by atoms with Crippen molar-refractivity contribution in [3.05, 3.63) is 44.6 Å². The number of methoxy groups -OCH3 is 1. The number of rotatable bonds is 6. The molecule has 0 saturated carbocycles. The lowest BCUT2D eigenvalue weighted by Crippen LogP contribution is -2.17. The molecule has 20 heavy (non-hydrogen) atoms. The van der Waals surface area contributed by atoms with Crippen LogP contribution in [0.15, 0.2) is 34.1 Å². The topological polar surface area (TPSA) is 64.7 Å². The Bertz CT molecular complexity index is 573. The van der Waals surface area contributed by atoms with Crippen molar-refractivity contribution in [1.29, 1.82) is 0 Å². The highest BCUT2D eigenvalue weighted by molar-refractivity contribution is 9.11. The van der Waals surface area contributed by atoms with E-state index in [0.29, 0.717) is 18.0 Å². The van der Waals surface area contributed by atoms with Crippen molar-refractivity contribution in [3.63, 3.8) is 0 Å². The Balaban J connectivity index is 2.23. The van der Waals surface area contributed by atoms with Gasteiger partial charge in [0, 0.05) is 11.4 Å². The van der Waals surface area contributed by atoms with E-state index in [1.54, 1.807) is 36.6 Å². The molecule has 1 unspecified atom stereocenters. The summed E-state index contributed by atoms with van der Waals surface area (Å²) in [7, 11) is 1.57. The van der Waals surface area contributed by atoms with E-state index in [4.69, 9.17) is 20.3 Å². The minimum absolute atomic E-state index is 0.0329. The monoisotopic (exact) mass is 357 g/mol. The van der Waals surface area contributed by atoms with E-state index in [1.165, 1.54) is 0 Å². The molecule has 1 heterocycles. The second kappa shape index (κ2) is 7.08. The van der Waals surface area contributed by atoms with Gasteiger partial charge in [-0.15, -0.1) is 11.3 Å². The van der Waals surface area contributed by atoms with Crippen LogP contribution >= 0.6 is 27.3 Å². The third-order valence-electron chi connectivity index (χ3n) is 2.81. The second-order valence-corrected chi connectivity index (χ2v) is 6.62. The van der Waals surface area contributed by atoms with Crippen LogP contribution in [0, 0.1) is 0 Å². The molecule has 0 aliphatic carbocycles. The highest BCUT2D eigenvalue weighted by Gasteiger charge is 2.16. The average molecular weight is 358 g/mol. The molecule has 1 aromatic heterocycles. The minimum atomic E-state index is -0.222. The normalized spacial score (nSPS) is 12.2. The van der Waals surface area contributed by atoms with Crippen molar-refractivity contribution in [2.45, 2.75) is 12.7 Å². The summed E-state index contributed by atoms with van der Waals surface area (Å²) in [6, 6.07) is 9.30. The summed E-state index contributed by atoms with van der Waals surface area (Å²) in [6.07, 6.45) is -0.222. The fourth-order valence-electron chi connectivity index (χ4n) is 1.78. The second-order valence-electron chi connectivity index (χ2n) is 4.13. The van der Waals surface area contributed by atoms with E-state index in [9.17, 15) is 0 Å². The van der Waals surface area contributed by atoms with Gasteiger partial charge in [-0.1, -0.05) is 6.07 Å². The Morgan fingerprint density at radius 1 is 1.30 bits per heavy atom. The third-order valence-corrected chi connectivity index (χ3v) is 4.52. The number of aliphatic hydroxyl groups excluding tert-OH is 1. The van der Waals surface area contributed by atoms with E-state index < -0.39 is 0 Å². The Morgan fingerprint density at radius 3 is 2.65 bits per heavy atom. The number of thiophene rings is 1. The number of nitrogens with two attached hydrogens (primary N) is 1. The van der Waals surface area contributed by atoms with Gasteiger partial charge in [-0.3, -0.25) is 0 Å². The molecule has 0 aliphatic rings. The summed E-state index contributed by atoms with van der Waals surface area (Å²) >= 11 is 5.02. The fraction of sp³-hybridized carbons (Fsp3) is 0.286. The van der Waals surface area contributed by atoms with Crippen LogP contribution in [0.2, 0.25) is 0 Å². The first kappa shape index (κ1) is 15.3. The quantitative estimate of drug-likeness (QED) is 0.833. The molecule has 0 amide bonds. The Labute approximate surface area is 130 Å². The average Bonchev–Trinajstić information content (AvgIpc) is 2.91. The third kappa shape index (κ3) is 3.52. The van der Waals surface area contributed by atoms with Crippen molar-refractivity contribution < 1.29 is 14.6 Å². The van der Waals surface area contributed by atoms with Gasteiger partial charge in [0.25, 0.3) is 0 Å². The molecule has 2 rings (SSSR count). The maximum Gasteiger partial charge on any atom is 0.162 e. The first-order chi connectivity index (χ1) is 9.67. The molecule has 2 aromatic rings. The van der Waals surface area contributed by atoms with Gasteiger partial charge in [0.15, 0.2) is 11.5 Å². The first-order valence-corrected chi connectivity index (χ1v) is 7.68. The fourth-order valence-corrected chi connectivity index (χ4v) is 3.25. The zero-order chi connectivity index (χ0) is 14.5. The highest BCUT2D eigenvalue weighted by atomic mass is 79.9. The summed E-state index contributed by atoms with van der Waals surface area (Å²) in [5.74, 6) is 1.20. The molecule has 3 N–H and O–H groups in total. The predicted octanol–water partition coefficient (Wildman–Crippen LogP) is 3.09. The number of hydrogen-bond acceptors (Lipinski definition) is 5. The van der Waals surface area contributed by atoms with Crippen molar-refractivity contribution in [1.82, 2.24) is 0 Å². The molecular formula is C14H16BrNO3S. The maximum absolute atomic E-state index is 9.14. The van der Waals surface area contributed by atoms with Crippen LogP contribution < -0.4 is 15.2 Å². The standard InChI is InChI=1S/C14H16BrNO3S/c1-18-11-6-9(8-17)2-3-10(11)19-12(7-16)13-4-5-14(15)20-13/h2-6,12,17H,7-8,16H2,1H3. The maximum atomic E-state index is 9.14. The summed E-state index contributed by atoms with van der Waals surface area (Å²) in [6.45, 7) is 0.340. The first-order valence-electron chi connectivity index (χ1n) is 6.07. The summed E-state index contributed by atoms with van der Waals surface area (Å²) in [4.78, 5) is 1.05. The molecule has 0 spiro atoms. The molecule has 0 bridgehead atoms. The van der Waals surface area contributed by atoms with Crippen LogP contribution in [0.5, 0.6) is 11.5 Å². The highest BCUT2D eigenvalue weighted by Crippen LogP contribution is 2.34. The lowest BCUT2D eigenvalue weighted by molar-refractivity contribution is 0.207. The van der Waals surface area contributed by atoms with Crippen LogP contribution in [-0.4, -0.2) is 18.8 Å². The van der Waals surface area contributed by atoms with E-state index in [0.717, 1.165) is 14.2 Å². The van der Waals surface area contributed by atoms with Gasteiger partial charge in [-0.05, 0) is 45.8 Å². The van der Waals surface area contributed by atoms with Crippen LogP contribution in [0.3, 0.4) is 0 Å². The zero-order valence-corrected chi connectivity index (χ0v) is 13.4. The van der Waals surface area contributed by atoms with Crippen molar-refractivity contribution in [3.8, 4) is 11.5 Å². The van der Waals surface area contributed by atoms with Gasteiger partial charge >= 0.3 is 0 Å². The van der Waals surface area contributed by atoms with Crippen LogP contribution in [0.25, 0.3) is 0 Å². The smallest absolute Gasteiger partial charge is 0.162 e. The minimum Gasteiger partial charge on any atom is -0.493 e. The van der Waals surface area contributed by atoms with Crippen molar-refractivity contribution >= 4 is 27.3 Å². The molecule has 0 saturated heterocycles. The number of aliphatic hydroxyl groups is 1. The van der Waals surface area contributed by atoms with E-state index in [-0.39, 0.29) is 12.7 Å². The van der Waals surface area contributed by atoms with Gasteiger partial charge in [-0.25, -0.2) is 0 Å². The van der Waals surface area contributed by atoms with Gasteiger partial charge in [0.1, 0.15) is 6.10 Å². The van der Waals surface area contributed by atoms with Crippen LogP contribution in [0.1, 0.15) is 16.5 Å². The molecule has 0 radical (unpaired) electrons. The molecule has 0 fully saturated rings. The largest absolute Gasteiger partial charge is 0.493 e. The Morgan fingerprint density at radius 2 is 2.10 bits per heavy atom. The van der Waals surface area contributed by atoms with Crippen LogP contribution in [-0.2, 0) is 6.61 Å². The van der Waals surface area contributed by atoms with E-state index >= 15 is 0 Å². The SMILES string of the molecule is COc1cc(CO)ccc1OC(CN)c1ccc(Br)s1. The van der Waals surface area contributed by atoms with Gasteiger partial charge in [0.2, 0.25) is 0 Å². The molecule has 1 atom stereocenters. The summed E-state index contributed by atoms with van der Waals surface area (Å²) in [5.41, 5.74) is 6.57. The lowest BCUT2D eigenvalue weighted by atomic mass is 10.2. The number of ether oxygens (including phenoxy) is 2. The molecule has 4 nitrogen and oxygen atoms in total. The summed E-state index contributed by atoms with van der Waals surface area (Å²) in [5, 5.41) is 9.14. The lowest BCUT2D eigenvalue weighted by Gasteiger charge is -2.18. The Kier molecular flexibility index (Phi) is 5.42. The number of halogens is 1. The Hall–Kier alpha value is -1.08. The predicted molar refractivity (Wildman–Crippen MR) is 83.4 cm³/mol. The van der Waals surface area contributed by atoms with Crippen molar-refractivity contribution in [2.24, 2.45) is 5.73 Å². The zero-order valence-electron chi connectivity index (χ0n) is 11.0. The van der Waals surface area contributed by atoms with Gasteiger partial charge < -0.3 is 20.3 Å². The number of hydrogen-bond donors (Lipinski definition) is 2. The van der Waals surface area contributed by atoms with Crippen molar-refractivity contribution in [2.75, 3.05) is 13.7 Å². The van der Waals surface area contributed by atoms with E-state index in [2.05, 4.69) is 15.9 Å². The molecule has 6 heteroatoms. The van der Waals surface area contributed by atoms with Gasteiger partial charge in [-0.2, -0.15) is 0 Å². The summed E-state index contributed by atoms with van der Waals surface area (Å²) < 4.78 is 12.3. The number of benzene rings is 1. The van der Waals surface area contributed by atoms with Gasteiger partial charge in [0.05, 0.1) is 17.5 Å². The molecular weight excluding hydrogens is 342 g/mol. The molecule has 1 aromatic carbocycles. The molecule has 0 aliphatic heterocycles. The van der Waals surface area contributed by atoms with Crippen LogP contribution in [0.4, 0.5) is 0 Å². The van der Waals surface area contributed by atoms with E-state index in [1.807, 2.05) is 12.1 Å².